The van der Waals surface area contributed by atoms with Gasteiger partial charge in [0.2, 0.25) is 21.7 Å². The number of sulfone groups is 2. The van der Waals surface area contributed by atoms with E-state index in [1.165, 1.54) is 38.5 Å². The molecule has 1 aromatic carbocycles. The molecule has 50 heavy (non-hydrogen) atoms. The SMILES string of the molecule is CC(C)(C(=O)Nc1cccnc1)S(=O)(=O)c1ccc(C(F)(F)F)cc1.Cc1cnc(NC(=O)C(C)(C)S(=O)(=O)c2ccc(C(F)(F)F)cn2)s1. The van der Waals surface area contributed by atoms with Gasteiger partial charge in [0.05, 0.1) is 27.9 Å². The number of carbonyl (C=O) groups is 2. The van der Waals surface area contributed by atoms with Gasteiger partial charge in [0, 0.05) is 23.5 Å². The van der Waals surface area contributed by atoms with Gasteiger partial charge in [-0.05, 0) is 83.1 Å². The van der Waals surface area contributed by atoms with Crippen LogP contribution in [0.5, 0.6) is 0 Å². The molecule has 0 aliphatic rings. The lowest BCUT2D eigenvalue weighted by atomic mass is 10.2. The zero-order valence-corrected chi connectivity index (χ0v) is 29.2. The molecule has 0 aliphatic heterocycles. The molecule has 2 amide bonds. The molecule has 0 saturated carbocycles. The molecule has 3 heterocycles. The Morgan fingerprint density at radius 1 is 0.680 bits per heavy atom. The number of benzene rings is 1. The molecular weight excluding hydrogens is 737 g/mol. The average molecular weight is 766 g/mol. The summed E-state index contributed by atoms with van der Waals surface area (Å²) in [6.07, 6.45) is -4.44. The third-order valence-electron chi connectivity index (χ3n) is 7.03. The Labute approximate surface area is 287 Å². The predicted octanol–water partition coefficient (Wildman–Crippen LogP) is 6.35. The van der Waals surface area contributed by atoms with Crippen LogP contribution in [0.2, 0.25) is 0 Å². The summed E-state index contributed by atoms with van der Waals surface area (Å²) < 4.78 is 122. The van der Waals surface area contributed by atoms with E-state index in [9.17, 15) is 52.8 Å². The predicted molar refractivity (Wildman–Crippen MR) is 172 cm³/mol. The number of rotatable bonds is 8. The standard InChI is InChI=1S/C16H15F3N2O3S.C14H14F3N3O3S2/c1-15(2,14(22)21-12-4-3-9-20-10-12)25(23,24)13-7-5-11(6-8-13)16(17,18)19;1-8-6-19-12(24-8)20-11(21)13(2,3)25(22,23)10-5-4-9(7-18-10)14(15,16)17/h3-10H,1-2H3,(H,21,22);4-7H,1-3H3,(H,19,20,21). The van der Waals surface area contributed by atoms with Crippen LogP contribution >= 0.6 is 11.3 Å². The van der Waals surface area contributed by atoms with Crippen molar-refractivity contribution in [2.24, 2.45) is 0 Å². The van der Waals surface area contributed by atoms with Crippen molar-refractivity contribution in [1.29, 1.82) is 0 Å². The number of anilines is 2. The van der Waals surface area contributed by atoms with Gasteiger partial charge in [0.1, 0.15) is 4.75 Å². The zero-order chi connectivity index (χ0) is 37.9. The highest BCUT2D eigenvalue weighted by atomic mass is 32.2. The Bertz CT molecular complexity index is 2050. The maximum absolute atomic E-state index is 12.7. The summed E-state index contributed by atoms with van der Waals surface area (Å²) in [7, 11) is -8.55. The van der Waals surface area contributed by atoms with E-state index in [4.69, 9.17) is 0 Å². The van der Waals surface area contributed by atoms with Gasteiger partial charge >= 0.3 is 12.4 Å². The molecule has 2 N–H and O–H groups in total. The van der Waals surface area contributed by atoms with Crippen LogP contribution < -0.4 is 10.6 Å². The molecule has 11 nitrogen and oxygen atoms in total. The van der Waals surface area contributed by atoms with E-state index >= 15 is 0 Å². The minimum atomic E-state index is -4.63. The first-order chi connectivity index (χ1) is 22.8. The second kappa shape index (κ2) is 14.4. The largest absolute Gasteiger partial charge is 0.417 e. The Balaban J connectivity index is 0.000000270. The fourth-order valence-electron chi connectivity index (χ4n) is 3.71. The zero-order valence-electron chi connectivity index (χ0n) is 26.7. The van der Waals surface area contributed by atoms with Crippen LogP contribution in [-0.4, -0.2) is 53.1 Å². The van der Waals surface area contributed by atoms with E-state index < -0.39 is 69.5 Å². The fourth-order valence-corrected chi connectivity index (χ4v) is 7.00. The fraction of sp³-hybridized carbons (Fsp3) is 0.300. The number of hydrogen-bond donors (Lipinski definition) is 2. The van der Waals surface area contributed by atoms with Gasteiger partial charge in [-0.3, -0.25) is 14.6 Å². The van der Waals surface area contributed by atoms with Gasteiger partial charge in [-0.2, -0.15) is 26.3 Å². The number of amides is 2. The summed E-state index contributed by atoms with van der Waals surface area (Å²) in [5.41, 5.74) is -1.74. The average Bonchev–Trinajstić information content (AvgIpc) is 3.44. The van der Waals surface area contributed by atoms with Crippen LogP contribution in [0.15, 0.2) is 83.2 Å². The normalized spacial score (nSPS) is 12.8. The van der Waals surface area contributed by atoms with E-state index in [1.807, 2.05) is 0 Å². The molecule has 4 rings (SSSR count). The van der Waals surface area contributed by atoms with E-state index in [1.54, 1.807) is 13.0 Å². The Morgan fingerprint density at radius 3 is 1.68 bits per heavy atom. The van der Waals surface area contributed by atoms with Gasteiger partial charge in [-0.15, -0.1) is 11.3 Å². The molecule has 270 valence electrons. The molecule has 0 bridgehead atoms. The number of nitrogens with one attached hydrogen (secondary N) is 2. The van der Waals surface area contributed by atoms with Crippen molar-refractivity contribution in [1.82, 2.24) is 15.0 Å². The molecule has 0 spiro atoms. The van der Waals surface area contributed by atoms with Gasteiger partial charge in [-0.25, -0.2) is 26.8 Å². The first kappa shape index (κ1) is 40.0. The second-order valence-electron chi connectivity index (χ2n) is 11.4. The van der Waals surface area contributed by atoms with Gasteiger partial charge in [0.25, 0.3) is 0 Å². The number of aryl methyl sites for hydroxylation is 1. The summed E-state index contributed by atoms with van der Waals surface area (Å²) in [4.78, 5) is 36.3. The molecule has 0 fully saturated rings. The van der Waals surface area contributed by atoms with Crippen LogP contribution in [0, 0.1) is 6.92 Å². The minimum Gasteiger partial charge on any atom is -0.323 e. The molecule has 0 saturated heterocycles. The quantitative estimate of drug-likeness (QED) is 0.195. The maximum atomic E-state index is 12.7. The van der Waals surface area contributed by atoms with Crippen molar-refractivity contribution < 1.29 is 52.8 Å². The maximum Gasteiger partial charge on any atom is 0.417 e. The summed E-state index contributed by atoms with van der Waals surface area (Å²) >= 11 is 1.16. The monoisotopic (exact) mass is 765 g/mol. The van der Waals surface area contributed by atoms with Crippen LogP contribution in [-0.2, 0) is 41.6 Å². The van der Waals surface area contributed by atoms with Crippen LogP contribution in [0.4, 0.5) is 37.2 Å². The van der Waals surface area contributed by atoms with Crippen LogP contribution in [0.25, 0.3) is 0 Å². The molecule has 0 aliphatic carbocycles. The molecule has 0 unspecified atom stereocenters. The highest BCUT2D eigenvalue weighted by Gasteiger charge is 2.45. The molecule has 20 heteroatoms. The van der Waals surface area contributed by atoms with Crippen molar-refractivity contribution in [2.75, 3.05) is 10.6 Å². The van der Waals surface area contributed by atoms with Crippen molar-refractivity contribution in [2.45, 2.75) is 66.4 Å². The first-order valence-electron chi connectivity index (χ1n) is 14.0. The Morgan fingerprint density at radius 2 is 1.22 bits per heavy atom. The topological polar surface area (TPSA) is 165 Å². The Hall–Kier alpha value is -4.43. The number of hydrogen-bond acceptors (Lipinski definition) is 10. The smallest absolute Gasteiger partial charge is 0.323 e. The number of nitrogens with zero attached hydrogens (tertiary/aromatic N) is 3. The molecule has 0 radical (unpaired) electrons. The molecule has 0 atom stereocenters. The molecular formula is C30H29F6N5O6S3. The number of thiazole rings is 1. The van der Waals surface area contributed by atoms with E-state index in [2.05, 4.69) is 25.6 Å². The summed E-state index contributed by atoms with van der Waals surface area (Å²) in [6.45, 7) is 6.44. The lowest BCUT2D eigenvalue weighted by molar-refractivity contribution is -0.138. The number of halogens is 6. The van der Waals surface area contributed by atoms with Crippen molar-refractivity contribution in [3.8, 4) is 0 Å². The van der Waals surface area contributed by atoms with Crippen molar-refractivity contribution in [3.05, 3.63) is 89.3 Å². The number of carbonyl (C=O) groups excluding carboxylic acids is 2. The highest BCUT2D eigenvalue weighted by molar-refractivity contribution is 7.93. The number of pyridine rings is 2. The van der Waals surface area contributed by atoms with Crippen LogP contribution in [0.3, 0.4) is 0 Å². The van der Waals surface area contributed by atoms with Gasteiger partial charge in [0.15, 0.2) is 24.7 Å². The molecule has 4 aromatic rings. The first-order valence-corrected chi connectivity index (χ1v) is 17.7. The van der Waals surface area contributed by atoms with Crippen molar-refractivity contribution in [3.63, 3.8) is 0 Å². The molecule has 3 aromatic heterocycles. The third-order valence-corrected chi connectivity index (χ3v) is 12.6. The number of alkyl halides is 6. The third kappa shape index (κ3) is 8.83. The Kier molecular flexibility index (Phi) is 11.5. The lowest BCUT2D eigenvalue weighted by Gasteiger charge is -2.24. The summed E-state index contributed by atoms with van der Waals surface area (Å²) in [6, 6.07) is 7.47. The second-order valence-corrected chi connectivity index (χ2v) is 17.5. The van der Waals surface area contributed by atoms with Gasteiger partial charge in [-0.1, -0.05) is 0 Å². The van der Waals surface area contributed by atoms with Crippen molar-refractivity contribution >= 4 is 53.6 Å². The van der Waals surface area contributed by atoms with Crippen LogP contribution in [0.1, 0.15) is 43.7 Å². The highest BCUT2D eigenvalue weighted by Crippen LogP contribution is 2.33. The van der Waals surface area contributed by atoms with E-state index in [-0.39, 0.29) is 10.0 Å². The summed E-state index contributed by atoms with van der Waals surface area (Å²) in [5, 5.41) is 4.44. The van der Waals surface area contributed by atoms with Gasteiger partial charge < -0.3 is 10.6 Å². The lowest BCUT2D eigenvalue weighted by Crippen LogP contribution is -2.44. The number of aromatic nitrogens is 3. The minimum absolute atomic E-state index is 0.228. The van der Waals surface area contributed by atoms with E-state index in [0.717, 1.165) is 48.3 Å². The summed E-state index contributed by atoms with van der Waals surface area (Å²) in [5.74, 6) is -1.68. The van der Waals surface area contributed by atoms with E-state index in [0.29, 0.717) is 30.1 Å².